The Morgan fingerprint density at radius 1 is 1.19 bits per heavy atom. The van der Waals surface area contributed by atoms with Crippen molar-refractivity contribution in [3.8, 4) is 0 Å². The molecule has 0 radical (unpaired) electrons. The molecule has 0 fully saturated rings. The molecule has 0 saturated carbocycles. The van der Waals surface area contributed by atoms with Gasteiger partial charge in [-0.25, -0.2) is 8.42 Å². The summed E-state index contributed by atoms with van der Waals surface area (Å²) in [5, 5.41) is 0. The van der Waals surface area contributed by atoms with E-state index < -0.39 is 15.7 Å². The van der Waals surface area contributed by atoms with Gasteiger partial charge in [-0.05, 0) is 56.2 Å². The van der Waals surface area contributed by atoms with Gasteiger partial charge < -0.3 is 4.57 Å². The van der Waals surface area contributed by atoms with Crippen LogP contribution in [-0.4, -0.2) is 25.1 Å². The van der Waals surface area contributed by atoms with Crippen molar-refractivity contribution in [1.29, 1.82) is 0 Å². The van der Waals surface area contributed by atoms with Gasteiger partial charge in [0, 0.05) is 18.4 Å². The number of nitrogens with zero attached hydrogens (tertiary/aromatic N) is 2. The highest BCUT2D eigenvalue weighted by molar-refractivity contribution is 7.90. The van der Waals surface area contributed by atoms with Crippen molar-refractivity contribution in [3.05, 3.63) is 57.9 Å². The van der Waals surface area contributed by atoms with Gasteiger partial charge in [0.15, 0.2) is 14.6 Å². The molecule has 3 aromatic rings. The van der Waals surface area contributed by atoms with E-state index in [0.717, 1.165) is 27.6 Å². The van der Waals surface area contributed by atoms with Gasteiger partial charge >= 0.3 is 0 Å². The van der Waals surface area contributed by atoms with Crippen LogP contribution < -0.4 is 4.80 Å². The molecule has 0 N–H and O–H groups in total. The van der Waals surface area contributed by atoms with Crippen molar-refractivity contribution in [2.45, 2.75) is 32.2 Å². The van der Waals surface area contributed by atoms with Gasteiger partial charge in [0.2, 0.25) is 0 Å². The average molecular weight is 389 g/mol. The Balaban J connectivity index is 2.16. The average Bonchev–Trinajstić information content (AvgIpc) is 2.91. The fourth-order valence-corrected chi connectivity index (χ4v) is 4.72. The lowest BCUT2D eigenvalue weighted by atomic mass is 10.1. The number of rotatable bonds is 3. The van der Waals surface area contributed by atoms with Crippen molar-refractivity contribution in [2.24, 2.45) is 4.99 Å². The Kier molecular flexibility index (Phi) is 4.86. The number of carbonyl (C=O) groups is 1. The van der Waals surface area contributed by atoms with Crippen LogP contribution in [-0.2, 0) is 16.4 Å². The molecule has 1 amide bonds. The summed E-state index contributed by atoms with van der Waals surface area (Å²) in [4.78, 5) is 17.6. The van der Waals surface area contributed by atoms with Crippen molar-refractivity contribution in [1.82, 2.24) is 4.57 Å². The lowest BCUT2D eigenvalue weighted by molar-refractivity contribution is 0.0997. The van der Waals surface area contributed by atoms with E-state index in [1.807, 2.05) is 25.3 Å². The first-order valence-corrected chi connectivity index (χ1v) is 10.9. The predicted octanol–water partition coefficient (Wildman–Crippen LogP) is 3.48. The fraction of sp³-hybridized carbons (Fsp3) is 0.263. The summed E-state index contributed by atoms with van der Waals surface area (Å²) >= 11 is 1.47. The molecule has 0 bridgehead atoms. The molecule has 2 aromatic carbocycles. The van der Waals surface area contributed by atoms with Crippen LogP contribution in [0.1, 0.15) is 28.4 Å². The van der Waals surface area contributed by atoms with Crippen LogP contribution in [0, 0.1) is 13.8 Å². The quantitative estimate of drug-likeness (QED) is 0.690. The highest BCUT2D eigenvalue weighted by atomic mass is 32.2. The van der Waals surface area contributed by atoms with Crippen LogP contribution in [0.25, 0.3) is 10.2 Å². The zero-order valence-electron chi connectivity index (χ0n) is 15.1. The predicted molar refractivity (Wildman–Crippen MR) is 104 cm³/mol. The largest absolute Gasteiger partial charge is 0.317 e. The van der Waals surface area contributed by atoms with Gasteiger partial charge in [0.1, 0.15) is 0 Å². The summed E-state index contributed by atoms with van der Waals surface area (Å²) < 4.78 is 26.5. The van der Waals surface area contributed by atoms with E-state index in [1.54, 1.807) is 12.1 Å². The smallest absolute Gasteiger partial charge is 0.279 e. The lowest BCUT2D eigenvalue weighted by Gasteiger charge is -2.03. The lowest BCUT2D eigenvalue weighted by Crippen LogP contribution is -2.16. The molecule has 1 aromatic heterocycles. The van der Waals surface area contributed by atoms with Crippen LogP contribution >= 0.6 is 11.3 Å². The van der Waals surface area contributed by atoms with E-state index in [-0.39, 0.29) is 10.5 Å². The SMILES string of the molecule is CCn1c(=NC(=O)c2cccc(S(C)(=O)=O)c2)sc2c(C)cc(C)cc21. The van der Waals surface area contributed by atoms with Crippen LogP contribution in [0.3, 0.4) is 0 Å². The zero-order chi connectivity index (χ0) is 19.1. The molecule has 5 nitrogen and oxygen atoms in total. The molecular formula is C19H20N2O3S2. The monoisotopic (exact) mass is 388 g/mol. The molecule has 0 unspecified atom stereocenters. The van der Waals surface area contributed by atoms with Crippen LogP contribution in [0.15, 0.2) is 46.3 Å². The standard InChI is InChI=1S/C19H20N2O3S2/c1-5-21-16-10-12(2)9-13(3)17(16)25-19(21)20-18(22)14-7-6-8-15(11-14)26(4,23)24/h6-11H,5H2,1-4H3. The van der Waals surface area contributed by atoms with Gasteiger partial charge in [0.05, 0.1) is 15.1 Å². The van der Waals surface area contributed by atoms with Crippen LogP contribution in [0.2, 0.25) is 0 Å². The number of hydrogen-bond acceptors (Lipinski definition) is 4. The summed E-state index contributed by atoms with van der Waals surface area (Å²) in [5.74, 6) is -0.446. The second-order valence-corrected chi connectivity index (χ2v) is 9.27. The molecule has 0 atom stereocenters. The Morgan fingerprint density at radius 3 is 2.58 bits per heavy atom. The van der Waals surface area contributed by atoms with Gasteiger partial charge in [0.25, 0.3) is 5.91 Å². The van der Waals surface area contributed by atoms with E-state index in [4.69, 9.17) is 0 Å². The van der Waals surface area contributed by atoms with E-state index in [9.17, 15) is 13.2 Å². The van der Waals surface area contributed by atoms with E-state index >= 15 is 0 Å². The number of carbonyl (C=O) groups excluding carboxylic acids is 1. The Hall–Kier alpha value is -2.25. The maximum Gasteiger partial charge on any atom is 0.279 e. The zero-order valence-corrected chi connectivity index (χ0v) is 16.7. The maximum atomic E-state index is 12.6. The number of aryl methyl sites for hydroxylation is 3. The van der Waals surface area contributed by atoms with Crippen molar-refractivity contribution in [3.63, 3.8) is 0 Å². The number of amides is 1. The number of benzene rings is 2. The fourth-order valence-electron chi connectivity index (χ4n) is 2.91. The van der Waals surface area contributed by atoms with Crippen molar-refractivity contribution in [2.75, 3.05) is 6.26 Å². The summed E-state index contributed by atoms with van der Waals surface area (Å²) in [7, 11) is -3.37. The third kappa shape index (κ3) is 3.50. The second-order valence-electron chi connectivity index (χ2n) is 6.28. The highest BCUT2D eigenvalue weighted by Gasteiger charge is 2.13. The summed E-state index contributed by atoms with van der Waals surface area (Å²) in [6.45, 7) is 6.80. The van der Waals surface area contributed by atoms with Gasteiger partial charge in [-0.1, -0.05) is 23.5 Å². The summed E-state index contributed by atoms with van der Waals surface area (Å²) in [6, 6.07) is 10.2. The Morgan fingerprint density at radius 2 is 1.92 bits per heavy atom. The number of aromatic nitrogens is 1. The minimum Gasteiger partial charge on any atom is -0.317 e. The molecular weight excluding hydrogens is 368 g/mol. The molecule has 7 heteroatoms. The van der Waals surface area contributed by atoms with E-state index in [2.05, 4.69) is 17.1 Å². The van der Waals surface area contributed by atoms with Crippen molar-refractivity contribution >= 4 is 37.3 Å². The minimum absolute atomic E-state index is 0.115. The molecule has 0 aliphatic heterocycles. The summed E-state index contributed by atoms with van der Waals surface area (Å²) in [5.41, 5.74) is 3.64. The Bertz CT molecular complexity index is 1190. The summed E-state index contributed by atoms with van der Waals surface area (Å²) in [6.07, 6.45) is 1.12. The molecule has 136 valence electrons. The Labute approximate surface area is 156 Å². The number of fused-ring (bicyclic) bond motifs is 1. The first-order chi connectivity index (χ1) is 12.2. The maximum absolute atomic E-state index is 12.6. The molecule has 0 spiro atoms. The first kappa shape index (κ1) is 18.5. The van der Waals surface area contributed by atoms with Crippen LogP contribution in [0.4, 0.5) is 0 Å². The first-order valence-electron chi connectivity index (χ1n) is 8.20. The van der Waals surface area contributed by atoms with E-state index in [0.29, 0.717) is 11.3 Å². The number of thiazole rings is 1. The topological polar surface area (TPSA) is 68.5 Å². The normalized spacial score (nSPS) is 12.7. The molecule has 1 heterocycles. The molecule has 0 aliphatic rings. The number of sulfone groups is 1. The third-order valence-corrected chi connectivity index (χ3v) is 6.48. The van der Waals surface area contributed by atoms with Gasteiger partial charge in [-0.3, -0.25) is 4.79 Å². The van der Waals surface area contributed by atoms with Gasteiger partial charge in [-0.15, -0.1) is 0 Å². The second kappa shape index (κ2) is 6.81. The third-order valence-electron chi connectivity index (χ3n) is 4.14. The minimum atomic E-state index is -3.37. The van der Waals surface area contributed by atoms with Crippen molar-refractivity contribution < 1.29 is 13.2 Å². The van der Waals surface area contributed by atoms with Gasteiger partial charge in [-0.2, -0.15) is 4.99 Å². The molecule has 26 heavy (non-hydrogen) atoms. The molecule has 3 rings (SSSR count). The van der Waals surface area contributed by atoms with Crippen LogP contribution in [0.5, 0.6) is 0 Å². The number of hydrogen-bond donors (Lipinski definition) is 0. The highest BCUT2D eigenvalue weighted by Crippen LogP contribution is 2.23. The van der Waals surface area contributed by atoms with E-state index in [1.165, 1.54) is 23.5 Å². The molecule has 0 aliphatic carbocycles. The molecule has 0 saturated heterocycles.